The third-order valence-electron chi connectivity index (χ3n) is 6.14. The molecule has 0 saturated heterocycles. The summed E-state index contributed by atoms with van der Waals surface area (Å²) in [6.07, 6.45) is 1.29. The van der Waals surface area contributed by atoms with Gasteiger partial charge in [0.15, 0.2) is 18.1 Å². The first-order valence-corrected chi connectivity index (χ1v) is 13.2. The van der Waals surface area contributed by atoms with Crippen molar-refractivity contribution in [1.82, 2.24) is 16.1 Å². The van der Waals surface area contributed by atoms with E-state index in [1.165, 1.54) is 25.5 Å². The molecule has 0 unspecified atom stereocenters. The maximum atomic E-state index is 12.6. The van der Waals surface area contributed by atoms with Crippen LogP contribution in [0.2, 0.25) is 5.02 Å². The number of carboxylic acids is 1. The molecule has 2 aromatic carbocycles. The van der Waals surface area contributed by atoms with E-state index in [9.17, 15) is 19.2 Å². The van der Waals surface area contributed by atoms with Gasteiger partial charge in [-0.2, -0.15) is 5.10 Å². The number of halogens is 1. The summed E-state index contributed by atoms with van der Waals surface area (Å²) in [4.78, 5) is 48.2. The van der Waals surface area contributed by atoms with Crippen molar-refractivity contribution in [3.05, 3.63) is 81.7 Å². The number of hydrazone groups is 1. The lowest BCUT2D eigenvalue weighted by Gasteiger charge is -2.28. The molecule has 3 aromatic rings. The fourth-order valence-corrected chi connectivity index (χ4v) is 4.43. The molecule has 14 heteroatoms. The number of urea groups is 1. The van der Waals surface area contributed by atoms with Crippen molar-refractivity contribution in [1.29, 1.82) is 0 Å². The minimum atomic E-state index is -1.14. The first-order valence-electron chi connectivity index (χ1n) is 12.8. The number of allylic oxidation sites excluding steroid dienone is 1. The van der Waals surface area contributed by atoms with Gasteiger partial charge >= 0.3 is 18.0 Å². The summed E-state index contributed by atoms with van der Waals surface area (Å²) in [5.41, 5.74) is 4.02. The number of hydrogen-bond acceptors (Lipinski definition) is 9. The van der Waals surface area contributed by atoms with Crippen molar-refractivity contribution in [2.75, 3.05) is 20.3 Å². The lowest BCUT2D eigenvalue weighted by Crippen LogP contribution is -2.45. The van der Waals surface area contributed by atoms with E-state index in [2.05, 4.69) is 21.2 Å². The van der Waals surface area contributed by atoms with Gasteiger partial charge in [0, 0.05) is 11.3 Å². The van der Waals surface area contributed by atoms with Crippen molar-refractivity contribution in [2.45, 2.75) is 19.9 Å². The number of carboxylic acid groups (broad SMARTS) is 1. The normalized spacial score (nSPS) is 14.6. The van der Waals surface area contributed by atoms with Gasteiger partial charge in [-0.1, -0.05) is 23.7 Å². The summed E-state index contributed by atoms with van der Waals surface area (Å²) < 4.78 is 21.8. The number of amides is 3. The zero-order valence-electron chi connectivity index (χ0n) is 23.2. The Hall–Kier alpha value is -5.30. The molecular weight excluding hydrogens is 584 g/mol. The van der Waals surface area contributed by atoms with E-state index in [0.29, 0.717) is 28.3 Å². The quantitative estimate of drug-likeness (QED) is 0.142. The summed E-state index contributed by atoms with van der Waals surface area (Å²) in [6.45, 7) is 3.06. The highest BCUT2D eigenvalue weighted by Gasteiger charge is 2.32. The monoisotopic (exact) mass is 610 g/mol. The largest absolute Gasteiger partial charge is 0.493 e. The molecule has 0 bridgehead atoms. The van der Waals surface area contributed by atoms with Gasteiger partial charge in [0.1, 0.15) is 11.5 Å². The van der Waals surface area contributed by atoms with Crippen LogP contribution in [0, 0.1) is 0 Å². The molecule has 13 nitrogen and oxygen atoms in total. The predicted molar refractivity (Wildman–Crippen MR) is 154 cm³/mol. The smallest absolute Gasteiger partial charge is 0.338 e. The summed E-state index contributed by atoms with van der Waals surface area (Å²) in [5, 5.41) is 18.3. The van der Waals surface area contributed by atoms with Crippen LogP contribution in [-0.2, 0) is 14.3 Å². The van der Waals surface area contributed by atoms with Crippen molar-refractivity contribution >= 4 is 41.7 Å². The molecule has 0 aliphatic carbocycles. The molecule has 4 rings (SSSR count). The topological polar surface area (TPSA) is 178 Å². The highest BCUT2D eigenvalue weighted by atomic mass is 35.5. The molecule has 3 amide bonds. The highest BCUT2D eigenvalue weighted by molar-refractivity contribution is 6.33. The number of carbonyl (C=O) groups excluding carboxylic acids is 3. The van der Waals surface area contributed by atoms with E-state index in [4.69, 9.17) is 35.3 Å². The van der Waals surface area contributed by atoms with Gasteiger partial charge < -0.3 is 34.4 Å². The van der Waals surface area contributed by atoms with Crippen molar-refractivity contribution in [3.63, 3.8) is 0 Å². The van der Waals surface area contributed by atoms with E-state index < -0.39 is 36.5 Å². The van der Waals surface area contributed by atoms with E-state index in [1.54, 1.807) is 50.2 Å². The summed E-state index contributed by atoms with van der Waals surface area (Å²) in [7, 11) is 1.41. The van der Waals surface area contributed by atoms with Gasteiger partial charge in [0.25, 0.3) is 5.91 Å². The molecule has 0 fully saturated rings. The van der Waals surface area contributed by atoms with Gasteiger partial charge in [0.05, 0.1) is 42.1 Å². The van der Waals surface area contributed by atoms with Crippen LogP contribution in [-0.4, -0.2) is 55.5 Å². The molecule has 224 valence electrons. The van der Waals surface area contributed by atoms with Gasteiger partial charge in [-0.3, -0.25) is 4.79 Å². The molecule has 4 N–H and O–H groups in total. The molecule has 1 aliphatic heterocycles. The van der Waals surface area contributed by atoms with E-state index in [0.717, 1.165) is 0 Å². The van der Waals surface area contributed by atoms with Crippen LogP contribution in [0.15, 0.2) is 69.3 Å². The number of nitrogens with one attached hydrogen (secondary N) is 3. The van der Waals surface area contributed by atoms with Gasteiger partial charge in [-0.15, -0.1) is 0 Å². The van der Waals surface area contributed by atoms with Crippen LogP contribution < -0.4 is 25.5 Å². The number of furan rings is 1. The zero-order valence-corrected chi connectivity index (χ0v) is 24.0. The molecule has 1 atom stereocenters. The van der Waals surface area contributed by atoms with Crippen LogP contribution in [0.1, 0.15) is 41.6 Å². The van der Waals surface area contributed by atoms with Crippen molar-refractivity contribution in [3.8, 4) is 22.8 Å². The van der Waals surface area contributed by atoms with Crippen molar-refractivity contribution in [2.24, 2.45) is 5.10 Å². The number of benzene rings is 2. The third kappa shape index (κ3) is 7.32. The second kappa shape index (κ2) is 13.6. The number of esters is 1. The zero-order chi connectivity index (χ0) is 31.1. The molecule has 1 aliphatic rings. The first kappa shape index (κ1) is 30.7. The molecule has 43 heavy (non-hydrogen) atoms. The molecule has 2 heterocycles. The fraction of sp³-hybridized carbons (Fsp3) is 0.207. The summed E-state index contributed by atoms with van der Waals surface area (Å²) >= 11 is 6.02. The Kier molecular flexibility index (Phi) is 9.68. The highest BCUT2D eigenvalue weighted by Crippen LogP contribution is 2.34. The molecule has 1 aromatic heterocycles. The van der Waals surface area contributed by atoms with Gasteiger partial charge in [-0.25, -0.2) is 19.8 Å². The Morgan fingerprint density at radius 3 is 2.63 bits per heavy atom. The van der Waals surface area contributed by atoms with Crippen molar-refractivity contribution < 1.29 is 42.9 Å². The van der Waals surface area contributed by atoms with Gasteiger partial charge in [-0.05, 0) is 55.8 Å². The van der Waals surface area contributed by atoms with Crippen LogP contribution in [0.5, 0.6) is 11.5 Å². The Morgan fingerprint density at radius 1 is 1.14 bits per heavy atom. The van der Waals surface area contributed by atoms with Crippen LogP contribution in [0.25, 0.3) is 11.3 Å². The SMILES string of the molecule is CCOC(=O)C1=C(C)NC(=O)N[C@@H]1c1ccc(OCC(=O)N/N=C\c2ccc(-c3ccc(C(=O)O)c(Cl)c3)o2)c(OC)c1. The second-order valence-corrected chi connectivity index (χ2v) is 9.39. The lowest BCUT2D eigenvalue weighted by atomic mass is 9.95. The standard InChI is InChI=1S/C29H27ClN4O9/c1-4-41-28(38)25-15(2)32-29(39)33-26(25)17-6-9-22(23(12-17)40-3)42-14-24(35)34-31-13-18-7-10-21(43-18)16-5-8-19(27(36)37)20(30)11-16/h5-13,26H,4,14H2,1-3H3,(H,34,35)(H,36,37)(H2,32,33,39)/b31-13-/t26-/m1/s1. The van der Waals surface area contributed by atoms with E-state index in [1.807, 2.05) is 0 Å². The summed E-state index contributed by atoms with van der Waals surface area (Å²) in [5.74, 6) is -1.02. The van der Waals surface area contributed by atoms with Crippen LogP contribution in [0.3, 0.4) is 0 Å². The Morgan fingerprint density at radius 2 is 1.93 bits per heavy atom. The first-order chi connectivity index (χ1) is 20.6. The maximum absolute atomic E-state index is 12.6. The summed E-state index contributed by atoms with van der Waals surface area (Å²) in [6, 6.07) is 11.2. The molecular formula is C29H27ClN4O9. The number of aromatic carboxylic acids is 1. The predicted octanol–water partition coefficient (Wildman–Crippen LogP) is 4.03. The van der Waals surface area contributed by atoms with Gasteiger partial charge in [0.2, 0.25) is 0 Å². The second-order valence-electron chi connectivity index (χ2n) is 8.98. The average molecular weight is 611 g/mol. The minimum Gasteiger partial charge on any atom is -0.493 e. The Labute approximate surface area is 250 Å². The average Bonchev–Trinajstić information content (AvgIpc) is 3.44. The Balaban J connectivity index is 1.37. The maximum Gasteiger partial charge on any atom is 0.338 e. The fourth-order valence-electron chi connectivity index (χ4n) is 4.17. The number of carbonyl (C=O) groups is 4. The number of nitrogens with zero attached hydrogens (tertiary/aromatic N) is 1. The number of rotatable bonds is 11. The van der Waals surface area contributed by atoms with E-state index >= 15 is 0 Å². The third-order valence-corrected chi connectivity index (χ3v) is 6.45. The Bertz CT molecular complexity index is 1630. The molecule has 0 radical (unpaired) electrons. The molecule has 0 spiro atoms. The number of ether oxygens (including phenoxy) is 3. The number of hydrogen-bond donors (Lipinski definition) is 4. The minimum absolute atomic E-state index is 0.0251. The lowest BCUT2D eigenvalue weighted by molar-refractivity contribution is -0.139. The number of methoxy groups -OCH3 is 1. The van der Waals surface area contributed by atoms with E-state index in [-0.39, 0.29) is 34.3 Å². The molecule has 0 saturated carbocycles. The van der Waals surface area contributed by atoms with Crippen LogP contribution in [0.4, 0.5) is 4.79 Å². The van der Waals surface area contributed by atoms with Crippen LogP contribution >= 0.6 is 11.6 Å².